The summed E-state index contributed by atoms with van der Waals surface area (Å²) >= 11 is 11.9. The summed E-state index contributed by atoms with van der Waals surface area (Å²) in [7, 11) is 0. The summed E-state index contributed by atoms with van der Waals surface area (Å²) in [6.07, 6.45) is 1.68. The van der Waals surface area contributed by atoms with Crippen LogP contribution in [0.15, 0.2) is 54.6 Å². The lowest BCUT2D eigenvalue weighted by Crippen LogP contribution is -2.29. The van der Waals surface area contributed by atoms with E-state index in [1.807, 2.05) is 62.4 Å². The SMILES string of the molecule is CCN(CC)C(=O)C=C(c1ccc(Cl)cc1)c1ccc(Cl)cc1. The monoisotopic (exact) mass is 347 g/mol. The van der Waals surface area contributed by atoms with E-state index in [1.54, 1.807) is 11.0 Å². The Morgan fingerprint density at radius 1 is 0.870 bits per heavy atom. The van der Waals surface area contributed by atoms with Crippen LogP contribution in [0.5, 0.6) is 0 Å². The quantitative estimate of drug-likeness (QED) is 0.672. The van der Waals surface area contributed by atoms with Crippen molar-refractivity contribution in [3.05, 3.63) is 75.8 Å². The van der Waals surface area contributed by atoms with Crippen LogP contribution in [0, 0.1) is 0 Å². The molecule has 23 heavy (non-hydrogen) atoms. The molecule has 120 valence electrons. The number of nitrogens with zero attached hydrogens (tertiary/aromatic N) is 1. The van der Waals surface area contributed by atoms with Crippen molar-refractivity contribution in [1.82, 2.24) is 4.90 Å². The minimum absolute atomic E-state index is 0.00472. The highest BCUT2D eigenvalue weighted by Gasteiger charge is 2.12. The number of halogens is 2. The molecule has 0 bridgehead atoms. The lowest BCUT2D eigenvalue weighted by molar-refractivity contribution is -0.125. The Labute approximate surface area is 147 Å². The first-order valence-corrected chi connectivity index (χ1v) is 8.33. The molecule has 0 fully saturated rings. The van der Waals surface area contributed by atoms with E-state index < -0.39 is 0 Å². The molecule has 0 aliphatic carbocycles. The van der Waals surface area contributed by atoms with Gasteiger partial charge in [0.05, 0.1) is 0 Å². The van der Waals surface area contributed by atoms with E-state index in [4.69, 9.17) is 23.2 Å². The average Bonchev–Trinajstić information content (AvgIpc) is 2.56. The number of hydrogen-bond acceptors (Lipinski definition) is 1. The molecule has 0 aromatic heterocycles. The second kappa shape index (κ2) is 8.19. The highest BCUT2D eigenvalue weighted by Crippen LogP contribution is 2.26. The van der Waals surface area contributed by atoms with Gasteiger partial charge in [0, 0.05) is 29.2 Å². The first kappa shape index (κ1) is 17.6. The molecule has 0 N–H and O–H groups in total. The average molecular weight is 348 g/mol. The molecule has 0 saturated carbocycles. The van der Waals surface area contributed by atoms with Crippen LogP contribution in [-0.4, -0.2) is 23.9 Å². The summed E-state index contributed by atoms with van der Waals surface area (Å²) in [4.78, 5) is 14.3. The van der Waals surface area contributed by atoms with Gasteiger partial charge >= 0.3 is 0 Å². The molecule has 0 aliphatic rings. The van der Waals surface area contributed by atoms with E-state index in [0.29, 0.717) is 23.1 Å². The zero-order chi connectivity index (χ0) is 16.8. The molecule has 2 nitrogen and oxygen atoms in total. The largest absolute Gasteiger partial charge is 0.340 e. The molecule has 0 aliphatic heterocycles. The number of hydrogen-bond donors (Lipinski definition) is 0. The Balaban J connectivity index is 2.48. The van der Waals surface area contributed by atoms with Crippen molar-refractivity contribution in [2.24, 2.45) is 0 Å². The van der Waals surface area contributed by atoms with Gasteiger partial charge in [-0.2, -0.15) is 0 Å². The molecule has 2 rings (SSSR count). The molecule has 0 atom stereocenters. The maximum absolute atomic E-state index is 12.5. The molecule has 0 heterocycles. The summed E-state index contributed by atoms with van der Waals surface area (Å²) in [6.45, 7) is 5.31. The number of amides is 1. The van der Waals surface area contributed by atoms with Gasteiger partial charge in [-0.15, -0.1) is 0 Å². The van der Waals surface area contributed by atoms with Crippen LogP contribution in [0.25, 0.3) is 5.57 Å². The first-order chi connectivity index (χ1) is 11.0. The zero-order valence-electron chi connectivity index (χ0n) is 13.2. The second-order valence-electron chi connectivity index (χ2n) is 5.08. The topological polar surface area (TPSA) is 20.3 Å². The molecule has 0 radical (unpaired) electrons. The lowest BCUT2D eigenvalue weighted by Gasteiger charge is -2.18. The molecule has 1 amide bonds. The molecular formula is C19H19Cl2NO. The summed E-state index contributed by atoms with van der Waals surface area (Å²) < 4.78 is 0. The van der Waals surface area contributed by atoms with Gasteiger partial charge in [-0.1, -0.05) is 47.5 Å². The van der Waals surface area contributed by atoms with Crippen LogP contribution in [0.4, 0.5) is 0 Å². The number of benzene rings is 2. The van der Waals surface area contributed by atoms with Crippen LogP contribution >= 0.6 is 23.2 Å². The molecular weight excluding hydrogens is 329 g/mol. The van der Waals surface area contributed by atoms with Crippen LogP contribution in [0.2, 0.25) is 10.0 Å². The van der Waals surface area contributed by atoms with Crippen molar-refractivity contribution in [3.8, 4) is 0 Å². The summed E-state index contributed by atoms with van der Waals surface area (Å²) in [5.41, 5.74) is 2.74. The number of likely N-dealkylation sites (N-methyl/N-ethyl adjacent to an activating group) is 1. The van der Waals surface area contributed by atoms with Crippen molar-refractivity contribution in [2.45, 2.75) is 13.8 Å². The third-order valence-corrected chi connectivity index (χ3v) is 4.16. The number of carbonyl (C=O) groups excluding carboxylic acids is 1. The van der Waals surface area contributed by atoms with E-state index in [0.717, 1.165) is 16.7 Å². The molecule has 0 saturated heterocycles. The summed E-state index contributed by atoms with van der Waals surface area (Å²) in [5, 5.41) is 1.33. The van der Waals surface area contributed by atoms with Gasteiger partial charge in [-0.05, 0) is 54.8 Å². The second-order valence-corrected chi connectivity index (χ2v) is 5.96. The van der Waals surface area contributed by atoms with E-state index in [-0.39, 0.29) is 5.91 Å². The summed E-state index contributed by atoms with van der Waals surface area (Å²) in [6, 6.07) is 14.9. The molecule has 0 spiro atoms. The van der Waals surface area contributed by atoms with E-state index >= 15 is 0 Å². The Bertz CT molecular complexity index is 639. The molecule has 2 aromatic rings. The van der Waals surface area contributed by atoms with Crippen LogP contribution in [0.3, 0.4) is 0 Å². The van der Waals surface area contributed by atoms with Crippen molar-refractivity contribution in [3.63, 3.8) is 0 Å². The van der Waals surface area contributed by atoms with E-state index in [2.05, 4.69) is 0 Å². The fourth-order valence-corrected chi connectivity index (χ4v) is 2.59. The van der Waals surface area contributed by atoms with Gasteiger partial charge in [0.25, 0.3) is 0 Å². The maximum atomic E-state index is 12.5. The predicted octanol–water partition coefficient (Wildman–Crippen LogP) is 5.29. The van der Waals surface area contributed by atoms with Crippen LogP contribution < -0.4 is 0 Å². The van der Waals surface area contributed by atoms with Gasteiger partial charge in [-0.3, -0.25) is 4.79 Å². The highest BCUT2D eigenvalue weighted by atomic mass is 35.5. The highest BCUT2D eigenvalue weighted by molar-refractivity contribution is 6.31. The Kier molecular flexibility index (Phi) is 6.26. The predicted molar refractivity (Wildman–Crippen MR) is 97.9 cm³/mol. The van der Waals surface area contributed by atoms with Gasteiger partial charge in [-0.25, -0.2) is 0 Å². The van der Waals surface area contributed by atoms with Gasteiger partial charge < -0.3 is 4.90 Å². The molecule has 2 aromatic carbocycles. The normalized spacial score (nSPS) is 10.3. The van der Waals surface area contributed by atoms with Crippen molar-refractivity contribution in [1.29, 1.82) is 0 Å². The van der Waals surface area contributed by atoms with Crippen molar-refractivity contribution < 1.29 is 4.79 Å². The zero-order valence-corrected chi connectivity index (χ0v) is 14.7. The smallest absolute Gasteiger partial charge is 0.247 e. The van der Waals surface area contributed by atoms with Crippen LogP contribution in [-0.2, 0) is 4.79 Å². The Morgan fingerprint density at radius 2 is 1.26 bits per heavy atom. The van der Waals surface area contributed by atoms with Gasteiger partial charge in [0.1, 0.15) is 0 Å². The van der Waals surface area contributed by atoms with Crippen molar-refractivity contribution in [2.75, 3.05) is 13.1 Å². The third-order valence-electron chi connectivity index (χ3n) is 3.65. The fraction of sp³-hybridized carbons (Fsp3) is 0.211. The Morgan fingerprint density at radius 3 is 1.61 bits per heavy atom. The minimum Gasteiger partial charge on any atom is -0.340 e. The lowest BCUT2D eigenvalue weighted by atomic mass is 9.97. The standard InChI is InChI=1S/C19H19Cl2NO/c1-3-22(4-2)19(23)13-18(14-5-9-16(20)10-6-14)15-7-11-17(21)12-8-15/h5-13H,3-4H2,1-2H3. The van der Waals surface area contributed by atoms with E-state index in [9.17, 15) is 4.79 Å². The van der Waals surface area contributed by atoms with Crippen molar-refractivity contribution >= 4 is 34.7 Å². The minimum atomic E-state index is -0.00472. The first-order valence-electron chi connectivity index (χ1n) is 7.57. The summed E-state index contributed by atoms with van der Waals surface area (Å²) in [5.74, 6) is -0.00472. The third kappa shape index (κ3) is 4.60. The molecule has 4 heteroatoms. The number of rotatable bonds is 5. The van der Waals surface area contributed by atoms with Gasteiger partial charge in [0.2, 0.25) is 5.91 Å². The van der Waals surface area contributed by atoms with E-state index in [1.165, 1.54) is 0 Å². The Hall–Kier alpha value is -1.77. The van der Waals surface area contributed by atoms with Crippen LogP contribution in [0.1, 0.15) is 25.0 Å². The maximum Gasteiger partial charge on any atom is 0.247 e. The number of carbonyl (C=O) groups is 1. The fourth-order valence-electron chi connectivity index (χ4n) is 2.34. The van der Waals surface area contributed by atoms with Gasteiger partial charge in [0.15, 0.2) is 0 Å². The molecule has 0 unspecified atom stereocenters.